The molecule has 1 aromatic heterocycles. The summed E-state index contributed by atoms with van der Waals surface area (Å²) in [6.07, 6.45) is -2.52. The molecule has 0 amide bonds. The molecule has 0 radical (unpaired) electrons. The summed E-state index contributed by atoms with van der Waals surface area (Å²) in [7, 11) is -3.83. The SMILES string of the molecule is O=S(=O)(N[C@@H]1CCN(c2nccs2)C1)c1ccc(OC(F)(F)F)cc1. The Hall–Kier alpha value is -1.85. The average molecular weight is 393 g/mol. The summed E-state index contributed by atoms with van der Waals surface area (Å²) < 4.78 is 67.5. The molecule has 0 aliphatic carbocycles. The second-order valence-electron chi connectivity index (χ2n) is 5.39. The third-order valence-electron chi connectivity index (χ3n) is 3.57. The molecule has 1 aliphatic heterocycles. The van der Waals surface area contributed by atoms with E-state index in [1.165, 1.54) is 11.3 Å². The molecule has 1 aromatic carbocycles. The minimum absolute atomic E-state index is 0.116. The fourth-order valence-corrected chi connectivity index (χ4v) is 4.45. The first-order valence-electron chi connectivity index (χ1n) is 7.25. The van der Waals surface area contributed by atoms with Crippen molar-refractivity contribution in [3.8, 4) is 5.75 Å². The number of hydrogen-bond donors (Lipinski definition) is 1. The summed E-state index contributed by atoms with van der Waals surface area (Å²) in [6.45, 7) is 1.17. The number of thiazole rings is 1. The van der Waals surface area contributed by atoms with E-state index in [1.807, 2.05) is 10.3 Å². The number of sulfonamides is 1. The fourth-order valence-electron chi connectivity index (χ4n) is 2.51. The van der Waals surface area contributed by atoms with Gasteiger partial charge in [-0.3, -0.25) is 0 Å². The molecule has 1 N–H and O–H groups in total. The van der Waals surface area contributed by atoms with Gasteiger partial charge < -0.3 is 9.64 Å². The molecule has 1 fully saturated rings. The third kappa shape index (κ3) is 4.61. The summed E-state index contributed by atoms with van der Waals surface area (Å²) in [5.41, 5.74) is 0. The van der Waals surface area contributed by atoms with Crippen LogP contribution in [0, 0.1) is 0 Å². The summed E-state index contributed by atoms with van der Waals surface area (Å²) in [5.74, 6) is -0.470. The van der Waals surface area contributed by atoms with Gasteiger partial charge in [-0.15, -0.1) is 24.5 Å². The fraction of sp³-hybridized carbons (Fsp3) is 0.357. The van der Waals surface area contributed by atoms with Crippen LogP contribution in [0.2, 0.25) is 0 Å². The van der Waals surface area contributed by atoms with Crippen LogP contribution in [0.1, 0.15) is 6.42 Å². The molecule has 6 nitrogen and oxygen atoms in total. The number of benzene rings is 1. The lowest BCUT2D eigenvalue weighted by Gasteiger charge is -2.16. The highest BCUT2D eigenvalue weighted by Gasteiger charge is 2.32. The minimum Gasteiger partial charge on any atom is -0.406 e. The molecule has 1 atom stereocenters. The van der Waals surface area contributed by atoms with Crippen molar-refractivity contribution in [2.45, 2.75) is 23.7 Å². The summed E-state index contributed by atoms with van der Waals surface area (Å²) in [5, 5.41) is 2.67. The monoisotopic (exact) mass is 393 g/mol. The van der Waals surface area contributed by atoms with E-state index in [4.69, 9.17) is 0 Å². The van der Waals surface area contributed by atoms with E-state index >= 15 is 0 Å². The number of halogens is 3. The molecule has 11 heteroatoms. The first-order chi connectivity index (χ1) is 11.7. The molecule has 0 spiro atoms. The highest BCUT2D eigenvalue weighted by molar-refractivity contribution is 7.89. The van der Waals surface area contributed by atoms with E-state index in [2.05, 4.69) is 14.4 Å². The lowest BCUT2D eigenvalue weighted by molar-refractivity contribution is -0.274. The molecule has 136 valence electrons. The largest absolute Gasteiger partial charge is 0.573 e. The smallest absolute Gasteiger partial charge is 0.406 e. The van der Waals surface area contributed by atoms with Gasteiger partial charge in [0.15, 0.2) is 5.13 Å². The van der Waals surface area contributed by atoms with Crippen molar-refractivity contribution in [1.29, 1.82) is 0 Å². The van der Waals surface area contributed by atoms with Crippen LogP contribution in [0.3, 0.4) is 0 Å². The number of aromatic nitrogens is 1. The Morgan fingerprint density at radius 2 is 2.00 bits per heavy atom. The Kier molecular flexibility index (Phi) is 4.89. The average Bonchev–Trinajstić information content (AvgIpc) is 3.16. The maximum Gasteiger partial charge on any atom is 0.573 e. The molecular weight excluding hydrogens is 379 g/mol. The van der Waals surface area contributed by atoms with Gasteiger partial charge in [-0.2, -0.15) is 0 Å². The standard InChI is InChI=1S/C14H14F3N3O3S2/c15-14(16,17)23-11-1-3-12(4-2-11)25(21,22)19-10-5-7-20(9-10)13-18-6-8-24-13/h1-4,6,8,10,19H,5,7,9H2/t10-/m1/s1. The Morgan fingerprint density at radius 3 is 2.60 bits per heavy atom. The number of nitrogens with zero attached hydrogens (tertiary/aromatic N) is 2. The van der Waals surface area contributed by atoms with Gasteiger partial charge in [0.2, 0.25) is 10.0 Å². The lowest BCUT2D eigenvalue weighted by Crippen LogP contribution is -2.37. The molecule has 1 aliphatic rings. The van der Waals surface area contributed by atoms with Gasteiger partial charge in [0.1, 0.15) is 5.75 Å². The van der Waals surface area contributed by atoms with Crippen molar-refractivity contribution in [3.05, 3.63) is 35.8 Å². The van der Waals surface area contributed by atoms with Crippen LogP contribution in [-0.4, -0.2) is 38.9 Å². The molecule has 3 rings (SSSR count). The lowest BCUT2D eigenvalue weighted by atomic mass is 10.3. The summed E-state index contributed by atoms with van der Waals surface area (Å²) in [4.78, 5) is 6.06. The molecule has 0 unspecified atom stereocenters. The van der Waals surface area contributed by atoms with Crippen molar-refractivity contribution in [2.75, 3.05) is 18.0 Å². The van der Waals surface area contributed by atoms with Crippen molar-refractivity contribution in [1.82, 2.24) is 9.71 Å². The van der Waals surface area contributed by atoms with Crippen LogP contribution in [-0.2, 0) is 10.0 Å². The van der Waals surface area contributed by atoms with Crippen molar-refractivity contribution in [2.24, 2.45) is 0 Å². The van der Waals surface area contributed by atoms with E-state index in [0.717, 1.165) is 29.4 Å². The van der Waals surface area contributed by atoms with E-state index in [0.29, 0.717) is 19.5 Å². The van der Waals surface area contributed by atoms with E-state index in [-0.39, 0.29) is 10.9 Å². The second-order valence-corrected chi connectivity index (χ2v) is 7.97. The maximum absolute atomic E-state index is 12.4. The van der Waals surface area contributed by atoms with Gasteiger partial charge in [-0.1, -0.05) is 0 Å². The zero-order valence-corrected chi connectivity index (χ0v) is 14.4. The van der Waals surface area contributed by atoms with Gasteiger partial charge in [0.25, 0.3) is 0 Å². The predicted molar refractivity (Wildman–Crippen MR) is 86.2 cm³/mol. The van der Waals surface area contributed by atoms with Crippen molar-refractivity contribution >= 4 is 26.5 Å². The quantitative estimate of drug-likeness (QED) is 0.846. The number of nitrogens with one attached hydrogen (secondary N) is 1. The number of hydrogen-bond acceptors (Lipinski definition) is 6. The first kappa shape index (κ1) is 18.0. The van der Waals surface area contributed by atoms with Crippen LogP contribution >= 0.6 is 11.3 Å². The highest BCUT2D eigenvalue weighted by Crippen LogP contribution is 2.25. The Balaban J connectivity index is 1.64. The van der Waals surface area contributed by atoms with Crippen LogP contribution in [0.15, 0.2) is 40.7 Å². The highest BCUT2D eigenvalue weighted by atomic mass is 32.2. The van der Waals surface area contributed by atoms with E-state index < -0.39 is 22.1 Å². The molecule has 2 aromatic rings. The predicted octanol–water partition coefficient (Wildman–Crippen LogP) is 2.60. The maximum atomic E-state index is 12.4. The third-order valence-corrected chi connectivity index (χ3v) is 5.94. The Morgan fingerprint density at radius 1 is 1.28 bits per heavy atom. The normalized spacial score (nSPS) is 18.5. The van der Waals surface area contributed by atoms with Crippen LogP contribution in [0.5, 0.6) is 5.75 Å². The Labute approximate surface area is 146 Å². The van der Waals surface area contributed by atoms with Crippen LogP contribution in [0.25, 0.3) is 0 Å². The summed E-state index contributed by atoms with van der Waals surface area (Å²) >= 11 is 1.47. The number of alkyl halides is 3. The first-order valence-corrected chi connectivity index (χ1v) is 9.62. The van der Waals surface area contributed by atoms with E-state index in [1.54, 1.807) is 6.20 Å². The molecular formula is C14H14F3N3O3S2. The summed E-state index contributed by atoms with van der Waals surface area (Å²) in [6, 6.07) is 3.81. The number of anilines is 1. The molecule has 25 heavy (non-hydrogen) atoms. The molecule has 0 saturated carbocycles. The second kappa shape index (κ2) is 6.81. The van der Waals surface area contributed by atoms with Crippen LogP contribution in [0.4, 0.5) is 18.3 Å². The Bertz CT molecular complexity index is 808. The number of rotatable bonds is 5. The van der Waals surface area contributed by atoms with E-state index in [9.17, 15) is 21.6 Å². The molecule has 0 bridgehead atoms. The zero-order valence-electron chi connectivity index (χ0n) is 12.7. The van der Waals surface area contributed by atoms with Gasteiger partial charge in [0, 0.05) is 30.7 Å². The number of ether oxygens (including phenoxy) is 1. The minimum atomic E-state index is -4.82. The van der Waals surface area contributed by atoms with Gasteiger partial charge in [-0.25, -0.2) is 18.1 Å². The van der Waals surface area contributed by atoms with Gasteiger partial charge in [0.05, 0.1) is 4.90 Å². The molecule has 1 saturated heterocycles. The van der Waals surface area contributed by atoms with Crippen molar-refractivity contribution in [3.63, 3.8) is 0 Å². The molecule has 2 heterocycles. The van der Waals surface area contributed by atoms with Gasteiger partial charge >= 0.3 is 6.36 Å². The zero-order chi connectivity index (χ0) is 18.1. The van der Waals surface area contributed by atoms with Gasteiger partial charge in [-0.05, 0) is 30.7 Å². The van der Waals surface area contributed by atoms with Crippen LogP contribution < -0.4 is 14.4 Å². The van der Waals surface area contributed by atoms with Crippen molar-refractivity contribution < 1.29 is 26.3 Å². The topological polar surface area (TPSA) is 71.5 Å².